The predicted octanol–water partition coefficient (Wildman–Crippen LogP) is 6.43. The highest BCUT2D eigenvalue weighted by Gasteiger charge is 2.30. The van der Waals surface area contributed by atoms with Gasteiger partial charge in [-0.05, 0) is 41.7 Å². The van der Waals surface area contributed by atoms with Gasteiger partial charge >= 0.3 is 0 Å². The molecule has 0 saturated heterocycles. The molecule has 0 amide bonds. The van der Waals surface area contributed by atoms with Gasteiger partial charge in [-0.3, -0.25) is 4.79 Å². The van der Waals surface area contributed by atoms with Crippen LogP contribution < -0.4 is 5.43 Å². The van der Waals surface area contributed by atoms with Crippen molar-refractivity contribution in [3.63, 3.8) is 0 Å². The van der Waals surface area contributed by atoms with Crippen LogP contribution in [0.25, 0.3) is 22.3 Å². The van der Waals surface area contributed by atoms with Crippen LogP contribution in [0.4, 0.5) is 0 Å². The fraction of sp³-hybridized carbons (Fsp3) is 0.129. The highest BCUT2D eigenvalue weighted by molar-refractivity contribution is 5.88. The maximum absolute atomic E-state index is 12.8. The molecule has 0 aliphatic heterocycles. The summed E-state index contributed by atoms with van der Waals surface area (Å²) < 4.78 is 5.79. The number of aromatic hydroxyl groups is 3. The maximum atomic E-state index is 12.8. The normalized spacial score (nSPS) is 11.6. The van der Waals surface area contributed by atoms with Crippen molar-refractivity contribution in [1.82, 2.24) is 0 Å². The van der Waals surface area contributed by atoms with E-state index in [1.165, 1.54) is 17.2 Å². The summed E-state index contributed by atoms with van der Waals surface area (Å²) in [7, 11) is 0. The first-order chi connectivity index (χ1) is 17.3. The Balaban J connectivity index is 1.59. The van der Waals surface area contributed by atoms with Gasteiger partial charge in [-0.25, -0.2) is 0 Å². The molecule has 0 fully saturated rings. The average Bonchev–Trinajstić information content (AvgIpc) is 2.88. The van der Waals surface area contributed by atoms with E-state index < -0.39 is 16.9 Å². The molecule has 0 spiro atoms. The van der Waals surface area contributed by atoms with Crippen molar-refractivity contribution < 1.29 is 19.7 Å². The highest BCUT2D eigenvalue weighted by atomic mass is 16.4. The Morgan fingerprint density at radius 1 is 0.806 bits per heavy atom. The minimum atomic E-state index is -0.758. The van der Waals surface area contributed by atoms with E-state index in [4.69, 9.17) is 4.42 Å². The summed E-state index contributed by atoms with van der Waals surface area (Å²) in [6.45, 7) is 4.22. The van der Waals surface area contributed by atoms with E-state index in [1.54, 1.807) is 0 Å². The van der Waals surface area contributed by atoms with Gasteiger partial charge in [0.15, 0.2) is 5.76 Å². The number of aryl methyl sites for hydroxylation is 1. The summed E-state index contributed by atoms with van der Waals surface area (Å²) in [5.41, 5.74) is 3.99. The molecule has 0 unspecified atom stereocenters. The quantitative estimate of drug-likeness (QED) is 0.271. The molecule has 5 nitrogen and oxygen atoms in total. The number of phenolic OH excluding ortho intramolecular Hbond substituents is 2. The van der Waals surface area contributed by atoms with Crippen molar-refractivity contribution >= 4 is 11.0 Å². The summed E-state index contributed by atoms with van der Waals surface area (Å²) in [6, 6.07) is 28.7. The zero-order valence-electron chi connectivity index (χ0n) is 20.0. The van der Waals surface area contributed by atoms with Gasteiger partial charge in [-0.15, -0.1) is 0 Å². The molecule has 0 saturated carbocycles. The molecule has 5 rings (SSSR count). The van der Waals surface area contributed by atoms with Crippen LogP contribution in [-0.4, -0.2) is 15.3 Å². The van der Waals surface area contributed by atoms with Gasteiger partial charge in [-0.1, -0.05) is 79.7 Å². The average molecular weight is 479 g/mol. The smallest absolute Gasteiger partial charge is 0.238 e. The van der Waals surface area contributed by atoms with E-state index in [-0.39, 0.29) is 27.9 Å². The van der Waals surface area contributed by atoms with Crippen molar-refractivity contribution in [2.75, 3.05) is 0 Å². The van der Waals surface area contributed by atoms with Gasteiger partial charge < -0.3 is 19.7 Å². The second kappa shape index (κ2) is 8.93. The molecular weight excluding hydrogens is 452 g/mol. The minimum absolute atomic E-state index is 0.00670. The first-order valence-corrected chi connectivity index (χ1v) is 11.7. The molecule has 0 atom stereocenters. The lowest BCUT2D eigenvalue weighted by atomic mass is 9.71. The van der Waals surface area contributed by atoms with Crippen molar-refractivity contribution in [2.24, 2.45) is 0 Å². The SMILES string of the molecule is Cc1cc(-c2oc3cc(O)cc(O)c3c(=O)c2O)ccc1CC(C)(c1ccccc1)c1ccccc1. The van der Waals surface area contributed by atoms with Crippen LogP contribution in [0, 0.1) is 6.92 Å². The van der Waals surface area contributed by atoms with E-state index >= 15 is 0 Å². The van der Waals surface area contributed by atoms with Gasteiger partial charge in [0.1, 0.15) is 22.5 Å². The summed E-state index contributed by atoms with van der Waals surface area (Å²) in [4.78, 5) is 12.8. The second-order valence-electron chi connectivity index (χ2n) is 9.33. The Morgan fingerprint density at radius 2 is 1.42 bits per heavy atom. The lowest BCUT2D eigenvalue weighted by molar-refractivity contribution is 0.438. The number of hydrogen-bond donors (Lipinski definition) is 3. The first-order valence-electron chi connectivity index (χ1n) is 11.7. The third kappa shape index (κ3) is 3.99. The van der Waals surface area contributed by atoms with Crippen LogP contribution in [0.3, 0.4) is 0 Å². The third-order valence-corrected chi connectivity index (χ3v) is 6.91. The lowest BCUT2D eigenvalue weighted by Crippen LogP contribution is -2.27. The van der Waals surface area contributed by atoms with E-state index in [2.05, 4.69) is 31.2 Å². The molecule has 1 aromatic heterocycles. The predicted molar refractivity (Wildman–Crippen MR) is 141 cm³/mol. The largest absolute Gasteiger partial charge is 0.508 e. The number of rotatable bonds is 5. The van der Waals surface area contributed by atoms with Gasteiger partial charge in [0.25, 0.3) is 0 Å². The number of hydrogen-bond acceptors (Lipinski definition) is 5. The van der Waals surface area contributed by atoms with Gasteiger partial charge in [0, 0.05) is 23.1 Å². The Hall–Kier alpha value is -4.51. The molecule has 0 bridgehead atoms. The van der Waals surface area contributed by atoms with Crippen molar-refractivity contribution in [3.8, 4) is 28.6 Å². The van der Waals surface area contributed by atoms with Crippen molar-refractivity contribution in [2.45, 2.75) is 25.7 Å². The van der Waals surface area contributed by atoms with E-state index in [9.17, 15) is 20.1 Å². The summed E-state index contributed by atoms with van der Waals surface area (Å²) in [5, 5.41) is 30.3. The van der Waals surface area contributed by atoms with Crippen LogP contribution in [0.1, 0.15) is 29.2 Å². The molecule has 180 valence electrons. The van der Waals surface area contributed by atoms with Crippen molar-refractivity contribution in [1.29, 1.82) is 0 Å². The minimum Gasteiger partial charge on any atom is -0.508 e. The molecule has 0 aliphatic carbocycles. The fourth-order valence-corrected chi connectivity index (χ4v) is 4.87. The van der Waals surface area contributed by atoms with Crippen LogP contribution in [0.5, 0.6) is 17.2 Å². The zero-order chi connectivity index (χ0) is 25.4. The monoisotopic (exact) mass is 478 g/mol. The Bertz CT molecular complexity index is 1580. The summed E-state index contributed by atoms with van der Waals surface area (Å²) in [6.07, 6.45) is 0.739. The standard InChI is InChI=1S/C31H26O5/c1-19-15-20(30-29(35)28(34)27-25(33)16-24(32)17-26(27)36-30)13-14-21(19)18-31(2,22-9-5-3-6-10-22)23-11-7-4-8-12-23/h3-17,32-33,35H,18H2,1-2H3. The summed E-state index contributed by atoms with van der Waals surface area (Å²) >= 11 is 0. The molecular formula is C31H26O5. The highest BCUT2D eigenvalue weighted by Crippen LogP contribution is 2.38. The van der Waals surface area contributed by atoms with Gasteiger partial charge in [0.2, 0.25) is 11.2 Å². The Labute approximate surface area is 208 Å². The first kappa shape index (κ1) is 23.2. The number of benzene rings is 4. The van der Waals surface area contributed by atoms with Crippen LogP contribution in [0.2, 0.25) is 0 Å². The molecule has 4 aromatic carbocycles. The van der Waals surface area contributed by atoms with E-state index in [0.29, 0.717) is 5.56 Å². The van der Waals surface area contributed by atoms with Gasteiger partial charge in [0.05, 0.1) is 0 Å². The van der Waals surface area contributed by atoms with Crippen molar-refractivity contribution in [3.05, 3.63) is 123 Å². The zero-order valence-corrected chi connectivity index (χ0v) is 20.0. The number of fused-ring (bicyclic) bond motifs is 1. The van der Waals surface area contributed by atoms with Crippen LogP contribution >= 0.6 is 0 Å². The Kier molecular flexibility index (Phi) is 5.77. The Morgan fingerprint density at radius 3 is 2.00 bits per heavy atom. The van der Waals surface area contributed by atoms with E-state index in [0.717, 1.165) is 23.6 Å². The molecule has 0 radical (unpaired) electrons. The van der Waals surface area contributed by atoms with Crippen LogP contribution in [-0.2, 0) is 11.8 Å². The fourth-order valence-electron chi connectivity index (χ4n) is 4.87. The number of phenols is 2. The van der Waals surface area contributed by atoms with E-state index in [1.807, 2.05) is 61.5 Å². The molecule has 1 heterocycles. The maximum Gasteiger partial charge on any atom is 0.238 e. The third-order valence-electron chi connectivity index (χ3n) is 6.91. The molecule has 0 aliphatic rings. The molecule has 5 aromatic rings. The molecule has 36 heavy (non-hydrogen) atoms. The lowest BCUT2D eigenvalue weighted by Gasteiger charge is -2.32. The molecule has 3 N–H and O–H groups in total. The topological polar surface area (TPSA) is 90.9 Å². The van der Waals surface area contributed by atoms with Gasteiger partial charge in [-0.2, -0.15) is 0 Å². The molecule has 5 heteroatoms. The summed E-state index contributed by atoms with van der Waals surface area (Å²) in [5.74, 6) is -1.30. The second-order valence-corrected chi connectivity index (χ2v) is 9.33. The van der Waals surface area contributed by atoms with Crippen LogP contribution in [0.15, 0.2) is 100 Å².